The molecule has 146 valence electrons. The lowest BCUT2D eigenvalue weighted by Crippen LogP contribution is -2.26. The second kappa shape index (κ2) is 9.42. The van der Waals surface area contributed by atoms with Crippen LogP contribution in [-0.2, 0) is 6.54 Å². The topological polar surface area (TPSA) is 56.1 Å². The third kappa shape index (κ3) is 5.14. The molecular weight excluding hydrogens is 374 g/mol. The van der Waals surface area contributed by atoms with E-state index in [0.717, 1.165) is 16.9 Å². The summed E-state index contributed by atoms with van der Waals surface area (Å²) in [6.45, 7) is 5.38. The number of nitrogens with one attached hydrogen (secondary N) is 1. The summed E-state index contributed by atoms with van der Waals surface area (Å²) in [5.74, 6) is 0.629. The minimum atomic E-state index is -0.211. The van der Waals surface area contributed by atoms with Crippen LogP contribution < -0.4 is 10.1 Å². The average Bonchev–Trinajstić information content (AvgIpc) is 2.95. The van der Waals surface area contributed by atoms with Gasteiger partial charge in [0.1, 0.15) is 10.9 Å². The van der Waals surface area contributed by atoms with Gasteiger partial charge < -0.3 is 10.1 Å². The van der Waals surface area contributed by atoms with Crippen molar-refractivity contribution in [3.63, 3.8) is 0 Å². The minimum absolute atomic E-state index is 0.211. The number of halogens is 1. The molecule has 0 unspecified atom stereocenters. The first-order valence-corrected chi connectivity index (χ1v) is 9.67. The first-order chi connectivity index (χ1) is 13.5. The van der Waals surface area contributed by atoms with E-state index < -0.39 is 0 Å². The summed E-state index contributed by atoms with van der Waals surface area (Å²) in [4.78, 5) is 12.5. The van der Waals surface area contributed by atoms with E-state index in [0.29, 0.717) is 42.5 Å². The van der Waals surface area contributed by atoms with Gasteiger partial charge in [-0.1, -0.05) is 54.1 Å². The first-order valence-electron chi connectivity index (χ1n) is 9.29. The predicted octanol–water partition coefficient (Wildman–Crippen LogP) is 4.40. The summed E-state index contributed by atoms with van der Waals surface area (Å²) < 4.78 is 7.35. The highest BCUT2D eigenvalue weighted by Gasteiger charge is 2.20. The van der Waals surface area contributed by atoms with Gasteiger partial charge in [0.15, 0.2) is 0 Å². The summed E-state index contributed by atoms with van der Waals surface area (Å²) in [5.41, 5.74) is 3.28. The lowest BCUT2D eigenvalue weighted by Gasteiger charge is -2.08. The lowest BCUT2D eigenvalue weighted by molar-refractivity contribution is 0.0951. The molecule has 0 aliphatic heterocycles. The summed E-state index contributed by atoms with van der Waals surface area (Å²) in [6, 6.07) is 17.8. The smallest absolute Gasteiger partial charge is 0.256 e. The second-order valence-corrected chi connectivity index (χ2v) is 7.03. The summed E-state index contributed by atoms with van der Waals surface area (Å²) in [7, 11) is 0. The molecule has 0 atom stereocenters. The quantitative estimate of drug-likeness (QED) is 0.573. The van der Waals surface area contributed by atoms with Crippen molar-refractivity contribution in [1.82, 2.24) is 15.1 Å². The second-order valence-electron chi connectivity index (χ2n) is 6.67. The van der Waals surface area contributed by atoms with Gasteiger partial charge in [0, 0.05) is 6.54 Å². The Kier molecular flexibility index (Phi) is 6.71. The van der Waals surface area contributed by atoms with E-state index in [-0.39, 0.29) is 5.91 Å². The largest absolute Gasteiger partial charge is 0.494 e. The third-order valence-electron chi connectivity index (χ3n) is 4.33. The molecule has 0 radical (unpaired) electrons. The number of carbonyl (C=O) groups is 1. The Bertz CT molecular complexity index is 938. The molecule has 0 aliphatic rings. The van der Waals surface area contributed by atoms with Gasteiger partial charge in [-0.3, -0.25) is 4.79 Å². The van der Waals surface area contributed by atoms with Crippen molar-refractivity contribution in [2.24, 2.45) is 0 Å². The summed E-state index contributed by atoms with van der Waals surface area (Å²) in [6.07, 6.45) is 0.703. The monoisotopic (exact) mass is 397 g/mol. The van der Waals surface area contributed by atoms with E-state index in [1.54, 1.807) is 11.6 Å². The number of ether oxygens (including phenoxy) is 1. The summed E-state index contributed by atoms with van der Waals surface area (Å²) in [5, 5.41) is 7.67. The molecule has 0 saturated carbocycles. The zero-order chi connectivity index (χ0) is 19.9. The van der Waals surface area contributed by atoms with Crippen LogP contribution in [0.15, 0.2) is 54.6 Å². The SMILES string of the molecule is Cc1cccc(OCCCNC(=O)c2c(C)nn(Cc3ccccc3)c2Cl)c1. The average molecular weight is 398 g/mol. The van der Waals surface area contributed by atoms with Crippen molar-refractivity contribution in [1.29, 1.82) is 0 Å². The molecule has 3 rings (SSSR count). The number of hydrogen-bond acceptors (Lipinski definition) is 3. The maximum Gasteiger partial charge on any atom is 0.256 e. The first kappa shape index (κ1) is 20.0. The molecular formula is C22H24ClN3O2. The van der Waals surface area contributed by atoms with E-state index in [2.05, 4.69) is 10.4 Å². The molecule has 5 nitrogen and oxygen atoms in total. The lowest BCUT2D eigenvalue weighted by atomic mass is 10.2. The van der Waals surface area contributed by atoms with Gasteiger partial charge in [-0.25, -0.2) is 4.68 Å². The molecule has 6 heteroatoms. The van der Waals surface area contributed by atoms with Crippen LogP contribution >= 0.6 is 11.6 Å². The van der Waals surface area contributed by atoms with Gasteiger partial charge in [-0.15, -0.1) is 0 Å². The van der Waals surface area contributed by atoms with Gasteiger partial charge in [0.25, 0.3) is 5.91 Å². The Labute approximate surface area is 170 Å². The number of amides is 1. The van der Waals surface area contributed by atoms with E-state index in [9.17, 15) is 4.79 Å². The molecule has 0 bridgehead atoms. The van der Waals surface area contributed by atoms with Crippen molar-refractivity contribution in [2.75, 3.05) is 13.2 Å². The minimum Gasteiger partial charge on any atom is -0.494 e. The molecule has 0 aliphatic carbocycles. The Morgan fingerprint density at radius 3 is 2.68 bits per heavy atom. The van der Waals surface area contributed by atoms with Crippen LogP contribution in [0.5, 0.6) is 5.75 Å². The van der Waals surface area contributed by atoms with Gasteiger partial charge in [0.2, 0.25) is 0 Å². The van der Waals surface area contributed by atoms with Crippen LogP contribution in [0.2, 0.25) is 5.15 Å². The van der Waals surface area contributed by atoms with E-state index >= 15 is 0 Å². The molecule has 2 aromatic carbocycles. The standard InChI is InChI=1S/C22H24ClN3O2/c1-16-8-6-11-19(14-16)28-13-7-12-24-22(27)20-17(2)25-26(21(20)23)15-18-9-4-3-5-10-18/h3-6,8-11,14H,7,12-13,15H2,1-2H3,(H,24,27). The van der Waals surface area contributed by atoms with Crippen molar-refractivity contribution >= 4 is 17.5 Å². The van der Waals surface area contributed by atoms with Gasteiger partial charge in [-0.05, 0) is 43.5 Å². The highest BCUT2D eigenvalue weighted by molar-refractivity contribution is 6.33. The van der Waals surface area contributed by atoms with Gasteiger partial charge in [0.05, 0.1) is 24.4 Å². The fraction of sp³-hybridized carbons (Fsp3) is 0.273. The Hall–Kier alpha value is -2.79. The van der Waals surface area contributed by atoms with Crippen LogP contribution in [-0.4, -0.2) is 28.8 Å². The van der Waals surface area contributed by atoms with Crippen molar-refractivity contribution < 1.29 is 9.53 Å². The Balaban J connectivity index is 1.51. The zero-order valence-corrected chi connectivity index (χ0v) is 16.9. The zero-order valence-electron chi connectivity index (χ0n) is 16.1. The van der Waals surface area contributed by atoms with Crippen LogP contribution in [0.1, 0.15) is 33.6 Å². The predicted molar refractivity (Wildman–Crippen MR) is 111 cm³/mol. The molecule has 1 aromatic heterocycles. The maximum atomic E-state index is 12.5. The number of aryl methyl sites for hydroxylation is 2. The van der Waals surface area contributed by atoms with Crippen LogP contribution in [0.4, 0.5) is 0 Å². The number of benzene rings is 2. The summed E-state index contributed by atoms with van der Waals surface area (Å²) >= 11 is 6.42. The Morgan fingerprint density at radius 2 is 1.93 bits per heavy atom. The highest BCUT2D eigenvalue weighted by Crippen LogP contribution is 2.21. The molecule has 0 fully saturated rings. The molecule has 0 spiro atoms. The van der Waals surface area contributed by atoms with Gasteiger partial charge >= 0.3 is 0 Å². The van der Waals surface area contributed by atoms with Crippen molar-refractivity contribution in [3.8, 4) is 5.75 Å². The Morgan fingerprint density at radius 1 is 1.14 bits per heavy atom. The molecule has 1 N–H and O–H groups in total. The number of aromatic nitrogens is 2. The number of carbonyl (C=O) groups excluding carboxylic acids is 1. The van der Waals surface area contributed by atoms with E-state index in [4.69, 9.17) is 16.3 Å². The molecule has 28 heavy (non-hydrogen) atoms. The highest BCUT2D eigenvalue weighted by atomic mass is 35.5. The number of nitrogens with zero attached hydrogens (tertiary/aromatic N) is 2. The van der Waals surface area contributed by atoms with E-state index in [1.165, 1.54) is 0 Å². The molecule has 3 aromatic rings. The number of rotatable bonds is 8. The van der Waals surface area contributed by atoms with E-state index in [1.807, 2.05) is 61.5 Å². The normalized spacial score (nSPS) is 10.7. The van der Waals surface area contributed by atoms with Crippen molar-refractivity contribution in [2.45, 2.75) is 26.8 Å². The van der Waals surface area contributed by atoms with Crippen molar-refractivity contribution in [3.05, 3.63) is 82.1 Å². The molecule has 1 heterocycles. The van der Waals surface area contributed by atoms with Gasteiger partial charge in [-0.2, -0.15) is 5.10 Å². The fourth-order valence-corrected chi connectivity index (χ4v) is 3.25. The van der Waals surface area contributed by atoms with Crippen LogP contribution in [0.3, 0.4) is 0 Å². The molecule has 0 saturated heterocycles. The fourth-order valence-electron chi connectivity index (χ4n) is 2.93. The third-order valence-corrected chi connectivity index (χ3v) is 4.72. The van der Waals surface area contributed by atoms with Crippen LogP contribution in [0, 0.1) is 13.8 Å². The van der Waals surface area contributed by atoms with Crippen LogP contribution in [0.25, 0.3) is 0 Å². The number of hydrogen-bond donors (Lipinski definition) is 1. The molecule has 1 amide bonds. The maximum absolute atomic E-state index is 12.5.